The van der Waals surface area contributed by atoms with Crippen LogP contribution in [0.5, 0.6) is 0 Å². The van der Waals surface area contributed by atoms with Crippen LogP contribution in [0.4, 0.5) is 5.69 Å². The molecule has 0 spiro atoms. The maximum absolute atomic E-state index is 12.5. The lowest BCUT2D eigenvalue weighted by molar-refractivity contribution is -0.131. The molecule has 2 rings (SSSR count). The van der Waals surface area contributed by atoms with Crippen molar-refractivity contribution in [1.29, 1.82) is 0 Å². The molecule has 0 bridgehead atoms. The normalized spacial score (nSPS) is 10.4. The molecular formula is C20H26N4O2. The summed E-state index contributed by atoms with van der Waals surface area (Å²) in [6, 6.07) is 7.51. The maximum Gasteiger partial charge on any atom is 0.247 e. The predicted molar refractivity (Wildman–Crippen MR) is 103 cm³/mol. The van der Waals surface area contributed by atoms with E-state index in [-0.39, 0.29) is 11.8 Å². The van der Waals surface area contributed by atoms with Gasteiger partial charge in [0.05, 0.1) is 6.20 Å². The summed E-state index contributed by atoms with van der Waals surface area (Å²) >= 11 is 0. The molecule has 0 aliphatic rings. The van der Waals surface area contributed by atoms with Crippen molar-refractivity contribution in [2.45, 2.75) is 39.8 Å². The molecule has 6 heteroatoms. The van der Waals surface area contributed by atoms with Crippen LogP contribution in [0.25, 0.3) is 0 Å². The van der Waals surface area contributed by atoms with E-state index in [0.29, 0.717) is 31.6 Å². The first kappa shape index (κ1) is 19.4. The molecule has 2 amide bonds. The van der Waals surface area contributed by atoms with E-state index in [1.807, 2.05) is 60.1 Å². The minimum absolute atomic E-state index is 0.126. The van der Waals surface area contributed by atoms with Crippen LogP contribution in [-0.2, 0) is 29.1 Å². The van der Waals surface area contributed by atoms with Crippen molar-refractivity contribution in [2.24, 2.45) is 0 Å². The SMILES string of the molecule is C=CC(=O)Nc1ccc(CCC(=O)N(CC)Cc2cnn(CC)c2)cc1. The number of rotatable bonds is 9. The van der Waals surface area contributed by atoms with Gasteiger partial charge in [-0.15, -0.1) is 0 Å². The molecule has 0 radical (unpaired) electrons. The first-order valence-corrected chi connectivity index (χ1v) is 8.87. The Morgan fingerprint density at radius 1 is 1.23 bits per heavy atom. The van der Waals surface area contributed by atoms with Gasteiger partial charge in [0.2, 0.25) is 11.8 Å². The Labute approximate surface area is 154 Å². The lowest BCUT2D eigenvalue weighted by atomic mass is 10.1. The predicted octanol–water partition coefficient (Wildman–Crippen LogP) is 3.01. The molecule has 1 aromatic carbocycles. The second-order valence-corrected chi connectivity index (χ2v) is 6.00. The highest BCUT2D eigenvalue weighted by Gasteiger charge is 2.13. The zero-order valence-electron chi connectivity index (χ0n) is 15.4. The number of nitrogens with zero attached hydrogens (tertiary/aromatic N) is 3. The van der Waals surface area contributed by atoms with E-state index in [9.17, 15) is 9.59 Å². The van der Waals surface area contributed by atoms with E-state index < -0.39 is 0 Å². The molecule has 138 valence electrons. The highest BCUT2D eigenvalue weighted by atomic mass is 16.2. The van der Waals surface area contributed by atoms with E-state index in [2.05, 4.69) is 17.0 Å². The Kier molecular flexibility index (Phi) is 7.14. The van der Waals surface area contributed by atoms with Gasteiger partial charge in [-0.1, -0.05) is 18.7 Å². The van der Waals surface area contributed by atoms with Crippen LogP contribution in [0.2, 0.25) is 0 Å². The largest absolute Gasteiger partial charge is 0.339 e. The molecule has 0 atom stereocenters. The fraction of sp³-hybridized carbons (Fsp3) is 0.350. The van der Waals surface area contributed by atoms with Gasteiger partial charge in [-0.2, -0.15) is 5.10 Å². The quantitative estimate of drug-likeness (QED) is 0.704. The fourth-order valence-corrected chi connectivity index (χ4v) is 2.62. The van der Waals surface area contributed by atoms with Crippen LogP contribution in [0.15, 0.2) is 49.3 Å². The third-order valence-corrected chi connectivity index (χ3v) is 4.15. The molecule has 0 saturated carbocycles. The Balaban J connectivity index is 1.87. The van der Waals surface area contributed by atoms with Crippen LogP contribution in [0, 0.1) is 0 Å². The van der Waals surface area contributed by atoms with Crippen molar-refractivity contribution in [3.63, 3.8) is 0 Å². The van der Waals surface area contributed by atoms with Gasteiger partial charge in [0.25, 0.3) is 0 Å². The van der Waals surface area contributed by atoms with Gasteiger partial charge in [-0.05, 0) is 44.0 Å². The second kappa shape index (κ2) is 9.56. The molecule has 0 saturated heterocycles. The lowest BCUT2D eigenvalue weighted by Crippen LogP contribution is -2.30. The summed E-state index contributed by atoms with van der Waals surface area (Å²) in [5.41, 5.74) is 2.82. The maximum atomic E-state index is 12.5. The highest BCUT2D eigenvalue weighted by Crippen LogP contribution is 2.13. The second-order valence-electron chi connectivity index (χ2n) is 6.00. The number of anilines is 1. The summed E-state index contributed by atoms with van der Waals surface area (Å²) in [6.07, 6.45) is 6.14. The lowest BCUT2D eigenvalue weighted by Gasteiger charge is -2.20. The van der Waals surface area contributed by atoms with Crippen LogP contribution in [0.3, 0.4) is 0 Å². The Morgan fingerprint density at radius 2 is 1.96 bits per heavy atom. The minimum atomic E-state index is -0.238. The van der Waals surface area contributed by atoms with Gasteiger partial charge in [-0.3, -0.25) is 14.3 Å². The van der Waals surface area contributed by atoms with E-state index >= 15 is 0 Å². The minimum Gasteiger partial charge on any atom is -0.339 e. The zero-order valence-corrected chi connectivity index (χ0v) is 15.4. The van der Waals surface area contributed by atoms with Gasteiger partial charge in [-0.25, -0.2) is 0 Å². The topological polar surface area (TPSA) is 67.2 Å². The number of aryl methyl sites for hydroxylation is 2. The number of benzene rings is 1. The van der Waals surface area contributed by atoms with Gasteiger partial charge >= 0.3 is 0 Å². The van der Waals surface area contributed by atoms with E-state index in [0.717, 1.165) is 17.7 Å². The Bertz CT molecular complexity index is 749. The number of hydrogen-bond donors (Lipinski definition) is 1. The van der Waals surface area contributed by atoms with Crippen molar-refractivity contribution >= 4 is 17.5 Å². The molecule has 0 unspecified atom stereocenters. The van der Waals surface area contributed by atoms with Gasteiger partial charge in [0.15, 0.2) is 0 Å². The molecule has 6 nitrogen and oxygen atoms in total. The first-order chi connectivity index (χ1) is 12.5. The molecule has 0 fully saturated rings. The van der Waals surface area contributed by atoms with Crippen LogP contribution in [-0.4, -0.2) is 33.0 Å². The molecular weight excluding hydrogens is 328 g/mol. The van der Waals surface area contributed by atoms with E-state index in [1.165, 1.54) is 6.08 Å². The summed E-state index contributed by atoms with van der Waals surface area (Å²) < 4.78 is 1.86. The van der Waals surface area contributed by atoms with Gasteiger partial charge < -0.3 is 10.2 Å². The third-order valence-electron chi connectivity index (χ3n) is 4.15. The molecule has 0 aliphatic heterocycles. The van der Waals surface area contributed by atoms with Gasteiger partial charge in [0, 0.05) is 43.5 Å². The smallest absolute Gasteiger partial charge is 0.247 e. The number of carbonyl (C=O) groups is 2. The summed E-state index contributed by atoms with van der Waals surface area (Å²) in [7, 11) is 0. The Morgan fingerprint density at radius 3 is 2.54 bits per heavy atom. The summed E-state index contributed by atoms with van der Waals surface area (Å²) in [5, 5.41) is 6.96. The van der Waals surface area contributed by atoms with E-state index in [4.69, 9.17) is 0 Å². The number of hydrogen-bond acceptors (Lipinski definition) is 3. The number of carbonyl (C=O) groups excluding carboxylic acids is 2. The van der Waals surface area contributed by atoms with Crippen LogP contribution < -0.4 is 5.32 Å². The van der Waals surface area contributed by atoms with Crippen molar-refractivity contribution in [3.05, 3.63) is 60.4 Å². The summed E-state index contributed by atoms with van der Waals surface area (Å²) in [6.45, 7) is 9.52. The molecule has 0 aliphatic carbocycles. The zero-order chi connectivity index (χ0) is 18.9. The molecule has 2 aromatic rings. The molecule has 1 heterocycles. The van der Waals surface area contributed by atoms with Crippen molar-refractivity contribution in [2.75, 3.05) is 11.9 Å². The molecule has 1 aromatic heterocycles. The van der Waals surface area contributed by atoms with Crippen molar-refractivity contribution in [3.8, 4) is 0 Å². The summed E-state index contributed by atoms with van der Waals surface area (Å²) in [5.74, 6) is -0.112. The number of amides is 2. The molecule has 1 N–H and O–H groups in total. The van der Waals surface area contributed by atoms with Crippen LogP contribution >= 0.6 is 0 Å². The van der Waals surface area contributed by atoms with E-state index in [1.54, 1.807) is 0 Å². The standard InChI is InChI=1S/C20H26N4O2/c1-4-19(25)22-18-10-7-16(8-11-18)9-12-20(26)23(5-2)14-17-13-21-24(6-3)15-17/h4,7-8,10-11,13,15H,1,5-6,9,12,14H2,2-3H3,(H,22,25). The van der Waals surface area contributed by atoms with Crippen molar-refractivity contribution in [1.82, 2.24) is 14.7 Å². The Hall–Kier alpha value is -2.89. The van der Waals surface area contributed by atoms with Gasteiger partial charge in [0.1, 0.15) is 0 Å². The summed E-state index contributed by atoms with van der Waals surface area (Å²) in [4.78, 5) is 25.6. The fourth-order valence-electron chi connectivity index (χ4n) is 2.62. The number of aromatic nitrogens is 2. The van der Waals surface area contributed by atoms with Crippen molar-refractivity contribution < 1.29 is 9.59 Å². The number of nitrogens with one attached hydrogen (secondary N) is 1. The molecule has 26 heavy (non-hydrogen) atoms. The average Bonchev–Trinajstić information content (AvgIpc) is 3.13. The third kappa shape index (κ3) is 5.58. The first-order valence-electron chi connectivity index (χ1n) is 8.87. The monoisotopic (exact) mass is 354 g/mol. The average molecular weight is 354 g/mol. The highest BCUT2D eigenvalue weighted by molar-refractivity contribution is 5.98. The van der Waals surface area contributed by atoms with Crippen LogP contribution in [0.1, 0.15) is 31.4 Å².